The van der Waals surface area contributed by atoms with E-state index in [0.29, 0.717) is 44.8 Å². The topological polar surface area (TPSA) is 18.5 Å². The van der Waals surface area contributed by atoms with E-state index in [0.717, 1.165) is 12.8 Å². The Morgan fingerprint density at radius 1 is 1.09 bits per heavy atom. The third-order valence-corrected chi connectivity index (χ3v) is 4.62. The number of ether oxygens (including phenoxy) is 2. The van der Waals surface area contributed by atoms with E-state index in [2.05, 4.69) is 6.58 Å². The van der Waals surface area contributed by atoms with Gasteiger partial charge in [-0.1, -0.05) is 6.08 Å². The summed E-state index contributed by atoms with van der Waals surface area (Å²) in [6.45, 7) is 4.97. The van der Waals surface area contributed by atoms with Crippen molar-refractivity contribution in [1.82, 2.24) is 0 Å². The number of allylic oxidation sites excluding steroid dienone is 3. The molecule has 0 bridgehead atoms. The Kier molecular flexibility index (Phi) is 6.65. The molecule has 2 fully saturated rings. The van der Waals surface area contributed by atoms with Crippen LogP contribution in [0.25, 0.3) is 0 Å². The average Bonchev–Trinajstić information content (AvgIpc) is 2.52. The number of alkyl halides is 3. The van der Waals surface area contributed by atoms with Crippen molar-refractivity contribution < 1.29 is 27.0 Å². The van der Waals surface area contributed by atoms with Crippen molar-refractivity contribution >= 4 is 0 Å². The van der Waals surface area contributed by atoms with Gasteiger partial charge in [-0.25, -0.2) is 4.39 Å². The first-order valence-corrected chi connectivity index (χ1v) is 8.18. The van der Waals surface area contributed by atoms with E-state index in [-0.39, 0.29) is 18.3 Å². The molecule has 0 unspecified atom stereocenters. The van der Waals surface area contributed by atoms with Crippen molar-refractivity contribution in [3.05, 3.63) is 24.6 Å². The van der Waals surface area contributed by atoms with Gasteiger partial charge in [0.1, 0.15) is 5.83 Å². The molecule has 0 radical (unpaired) electrons. The molecule has 6 heteroatoms. The predicted molar refractivity (Wildman–Crippen MR) is 79.3 cm³/mol. The second-order valence-corrected chi connectivity index (χ2v) is 6.45. The van der Waals surface area contributed by atoms with Crippen LogP contribution < -0.4 is 0 Å². The van der Waals surface area contributed by atoms with Gasteiger partial charge in [0.25, 0.3) is 0 Å². The number of hydrogen-bond acceptors (Lipinski definition) is 2. The van der Waals surface area contributed by atoms with E-state index in [4.69, 9.17) is 9.47 Å². The SMILES string of the molecule is C=CCCC1COC(C2CCC(C(F)=CC(F)(F)F)CC2)OC1. The van der Waals surface area contributed by atoms with Crippen LogP contribution in [0.3, 0.4) is 0 Å². The summed E-state index contributed by atoms with van der Waals surface area (Å²) in [5.74, 6) is -1.17. The molecule has 132 valence electrons. The van der Waals surface area contributed by atoms with Gasteiger partial charge in [0.05, 0.1) is 19.3 Å². The van der Waals surface area contributed by atoms with Crippen molar-refractivity contribution in [1.29, 1.82) is 0 Å². The minimum absolute atomic E-state index is 0.144. The van der Waals surface area contributed by atoms with Crippen molar-refractivity contribution in [2.45, 2.75) is 51.0 Å². The minimum atomic E-state index is -4.59. The first-order valence-electron chi connectivity index (χ1n) is 8.18. The maximum absolute atomic E-state index is 13.6. The first-order chi connectivity index (χ1) is 10.9. The Balaban J connectivity index is 1.75. The smallest absolute Gasteiger partial charge is 0.352 e. The maximum Gasteiger partial charge on any atom is 0.412 e. The molecule has 0 aromatic rings. The normalized spacial score (nSPS) is 33.5. The summed E-state index contributed by atoms with van der Waals surface area (Å²) in [6.07, 6.45) is 0.763. The Morgan fingerprint density at radius 2 is 1.70 bits per heavy atom. The molecular formula is C17H24F4O2. The highest BCUT2D eigenvalue weighted by atomic mass is 19.4. The zero-order valence-corrected chi connectivity index (χ0v) is 13.2. The second-order valence-electron chi connectivity index (χ2n) is 6.45. The summed E-state index contributed by atoms with van der Waals surface area (Å²) >= 11 is 0. The van der Waals surface area contributed by atoms with E-state index >= 15 is 0 Å². The Hall–Kier alpha value is -0.880. The second kappa shape index (κ2) is 8.29. The van der Waals surface area contributed by atoms with Crippen LogP contribution >= 0.6 is 0 Å². The summed E-state index contributed by atoms with van der Waals surface area (Å²) in [4.78, 5) is 0. The molecule has 0 spiro atoms. The van der Waals surface area contributed by atoms with Gasteiger partial charge in [0, 0.05) is 17.8 Å². The maximum atomic E-state index is 13.6. The fourth-order valence-corrected chi connectivity index (χ4v) is 3.29. The van der Waals surface area contributed by atoms with E-state index in [1.165, 1.54) is 0 Å². The highest BCUT2D eigenvalue weighted by molar-refractivity contribution is 5.03. The molecule has 0 aromatic carbocycles. The van der Waals surface area contributed by atoms with E-state index in [1.54, 1.807) is 0 Å². The molecule has 1 heterocycles. The highest BCUT2D eigenvalue weighted by Gasteiger charge is 2.35. The monoisotopic (exact) mass is 336 g/mol. The molecule has 0 N–H and O–H groups in total. The van der Waals surface area contributed by atoms with Crippen molar-refractivity contribution in [2.24, 2.45) is 17.8 Å². The fraction of sp³-hybridized carbons (Fsp3) is 0.765. The molecule has 23 heavy (non-hydrogen) atoms. The first kappa shape index (κ1) is 18.5. The van der Waals surface area contributed by atoms with Crippen LogP contribution in [-0.2, 0) is 9.47 Å². The van der Waals surface area contributed by atoms with Crippen LogP contribution in [0.2, 0.25) is 0 Å². The molecule has 0 aromatic heterocycles. The molecule has 0 amide bonds. The van der Waals surface area contributed by atoms with Crippen LogP contribution in [-0.4, -0.2) is 25.7 Å². The summed E-state index contributed by atoms with van der Waals surface area (Å²) in [5.41, 5.74) is 0. The predicted octanol–water partition coefficient (Wildman–Crippen LogP) is 5.16. The third kappa shape index (κ3) is 5.92. The highest BCUT2D eigenvalue weighted by Crippen LogP contribution is 2.38. The van der Waals surface area contributed by atoms with Gasteiger partial charge in [0.15, 0.2) is 6.29 Å². The van der Waals surface area contributed by atoms with Gasteiger partial charge < -0.3 is 9.47 Å². The van der Waals surface area contributed by atoms with Crippen LogP contribution in [0, 0.1) is 17.8 Å². The average molecular weight is 336 g/mol. The lowest BCUT2D eigenvalue weighted by molar-refractivity contribution is -0.229. The summed E-state index contributed by atoms with van der Waals surface area (Å²) < 4.78 is 61.7. The fourth-order valence-electron chi connectivity index (χ4n) is 3.29. The zero-order chi connectivity index (χ0) is 16.9. The summed E-state index contributed by atoms with van der Waals surface area (Å²) in [7, 11) is 0. The largest absolute Gasteiger partial charge is 0.412 e. The molecule has 1 saturated carbocycles. The van der Waals surface area contributed by atoms with Crippen LogP contribution in [0.4, 0.5) is 17.6 Å². The summed E-state index contributed by atoms with van der Waals surface area (Å²) in [6, 6.07) is 0. The van der Waals surface area contributed by atoms with Gasteiger partial charge in [-0.3, -0.25) is 0 Å². The molecule has 1 saturated heterocycles. The molecule has 2 nitrogen and oxygen atoms in total. The molecule has 2 aliphatic rings. The van der Waals surface area contributed by atoms with Gasteiger partial charge in [-0.05, 0) is 38.5 Å². The van der Waals surface area contributed by atoms with Crippen LogP contribution in [0.15, 0.2) is 24.6 Å². The number of rotatable bonds is 5. The lowest BCUT2D eigenvalue weighted by atomic mass is 9.80. The van der Waals surface area contributed by atoms with E-state index in [1.807, 2.05) is 6.08 Å². The van der Waals surface area contributed by atoms with Crippen molar-refractivity contribution in [3.63, 3.8) is 0 Å². The summed E-state index contributed by atoms with van der Waals surface area (Å²) in [5, 5.41) is 0. The van der Waals surface area contributed by atoms with Gasteiger partial charge >= 0.3 is 6.18 Å². The van der Waals surface area contributed by atoms with Crippen molar-refractivity contribution in [3.8, 4) is 0 Å². The Morgan fingerprint density at radius 3 is 2.22 bits per heavy atom. The molecule has 1 aliphatic heterocycles. The zero-order valence-electron chi connectivity index (χ0n) is 13.2. The van der Waals surface area contributed by atoms with Crippen molar-refractivity contribution in [2.75, 3.05) is 13.2 Å². The van der Waals surface area contributed by atoms with Crippen LogP contribution in [0.1, 0.15) is 38.5 Å². The Bertz CT molecular complexity index is 403. The molecule has 0 atom stereocenters. The lowest BCUT2D eigenvalue weighted by Crippen LogP contribution is -2.38. The quantitative estimate of drug-likeness (QED) is 0.510. The lowest BCUT2D eigenvalue weighted by Gasteiger charge is -2.37. The van der Waals surface area contributed by atoms with Gasteiger partial charge in [0.2, 0.25) is 0 Å². The Labute approximate surface area is 134 Å². The number of halogens is 4. The minimum Gasteiger partial charge on any atom is -0.352 e. The molecular weight excluding hydrogens is 312 g/mol. The van der Waals surface area contributed by atoms with Gasteiger partial charge in [-0.2, -0.15) is 13.2 Å². The number of hydrogen-bond donors (Lipinski definition) is 0. The molecule has 1 aliphatic carbocycles. The van der Waals surface area contributed by atoms with Crippen LogP contribution in [0.5, 0.6) is 0 Å². The van der Waals surface area contributed by atoms with E-state index < -0.39 is 17.9 Å². The standard InChI is InChI=1S/C17H24F4O2/c1-2-3-4-12-10-22-16(23-11-12)14-7-5-13(6-8-14)15(18)9-17(19,20)21/h2,9,12-14,16H,1,3-8,10-11H2. The van der Waals surface area contributed by atoms with E-state index in [9.17, 15) is 17.6 Å². The van der Waals surface area contributed by atoms with Gasteiger partial charge in [-0.15, -0.1) is 6.58 Å². The third-order valence-electron chi connectivity index (χ3n) is 4.62. The molecule has 2 rings (SSSR count).